The van der Waals surface area contributed by atoms with Gasteiger partial charge in [0.1, 0.15) is 6.04 Å². The van der Waals surface area contributed by atoms with Crippen LogP contribution in [0.1, 0.15) is 31.4 Å². The minimum atomic E-state index is -0.298. The molecule has 0 radical (unpaired) electrons. The molecule has 2 rings (SSSR count). The smallest absolute Gasteiger partial charge is 0.327 e. The van der Waals surface area contributed by atoms with Crippen LogP contribution < -0.4 is 5.73 Å². The largest absolute Gasteiger partial charge is 0.465 e. The van der Waals surface area contributed by atoms with Crippen molar-refractivity contribution >= 4 is 5.97 Å². The first kappa shape index (κ1) is 14.0. The second-order valence-electron chi connectivity index (χ2n) is 4.94. The molecule has 4 nitrogen and oxygen atoms in total. The Morgan fingerprint density at radius 3 is 2.58 bits per heavy atom. The summed E-state index contributed by atoms with van der Waals surface area (Å²) >= 11 is 0. The second kappa shape index (κ2) is 6.68. The highest BCUT2D eigenvalue weighted by Crippen LogP contribution is 2.25. The van der Waals surface area contributed by atoms with Crippen molar-refractivity contribution in [3.05, 3.63) is 35.9 Å². The van der Waals surface area contributed by atoms with Gasteiger partial charge in [0.2, 0.25) is 0 Å². The summed E-state index contributed by atoms with van der Waals surface area (Å²) in [6.45, 7) is 3.95. The van der Waals surface area contributed by atoms with Crippen molar-refractivity contribution in [3.63, 3.8) is 0 Å². The highest BCUT2D eigenvalue weighted by Gasteiger charge is 2.31. The molecule has 2 N–H and O–H groups in total. The number of esters is 1. The van der Waals surface area contributed by atoms with Gasteiger partial charge in [-0.2, -0.15) is 0 Å². The van der Waals surface area contributed by atoms with Gasteiger partial charge in [-0.3, -0.25) is 4.90 Å². The number of hydrogen-bond acceptors (Lipinski definition) is 4. The molecule has 1 saturated heterocycles. The van der Waals surface area contributed by atoms with Crippen LogP contribution in [0.2, 0.25) is 0 Å². The zero-order valence-corrected chi connectivity index (χ0v) is 11.4. The molecule has 0 bridgehead atoms. The first-order chi connectivity index (χ1) is 9.22. The zero-order valence-electron chi connectivity index (χ0n) is 11.4. The molecule has 1 aromatic carbocycles. The van der Waals surface area contributed by atoms with Crippen molar-refractivity contribution in [3.8, 4) is 0 Å². The molecular formula is C15H22N2O2. The van der Waals surface area contributed by atoms with Gasteiger partial charge in [-0.05, 0) is 25.3 Å². The van der Waals surface area contributed by atoms with E-state index in [0.717, 1.165) is 31.5 Å². The van der Waals surface area contributed by atoms with E-state index in [4.69, 9.17) is 10.5 Å². The Labute approximate surface area is 114 Å². The van der Waals surface area contributed by atoms with E-state index in [1.165, 1.54) is 0 Å². The molecule has 0 amide bonds. The van der Waals surface area contributed by atoms with E-state index >= 15 is 0 Å². The van der Waals surface area contributed by atoms with E-state index in [0.29, 0.717) is 6.61 Å². The number of nitrogens with two attached hydrogens (primary N) is 1. The average molecular weight is 262 g/mol. The fourth-order valence-electron chi connectivity index (χ4n) is 2.53. The minimum Gasteiger partial charge on any atom is -0.465 e. The van der Waals surface area contributed by atoms with Crippen molar-refractivity contribution in [2.45, 2.75) is 31.8 Å². The van der Waals surface area contributed by atoms with Gasteiger partial charge in [0.15, 0.2) is 0 Å². The van der Waals surface area contributed by atoms with Gasteiger partial charge in [0, 0.05) is 19.1 Å². The molecule has 1 aliphatic heterocycles. The molecule has 1 unspecified atom stereocenters. The lowest BCUT2D eigenvalue weighted by molar-refractivity contribution is -0.150. The van der Waals surface area contributed by atoms with Gasteiger partial charge in [-0.15, -0.1) is 0 Å². The van der Waals surface area contributed by atoms with Gasteiger partial charge < -0.3 is 10.5 Å². The van der Waals surface area contributed by atoms with Crippen LogP contribution >= 0.6 is 0 Å². The van der Waals surface area contributed by atoms with Crippen molar-refractivity contribution in [2.75, 3.05) is 19.7 Å². The Morgan fingerprint density at radius 2 is 2.00 bits per heavy atom. The predicted molar refractivity (Wildman–Crippen MR) is 74.6 cm³/mol. The summed E-state index contributed by atoms with van der Waals surface area (Å²) < 4.78 is 5.23. The average Bonchev–Trinajstić information content (AvgIpc) is 2.43. The number of carbonyl (C=O) groups excluding carboxylic acids is 1. The van der Waals surface area contributed by atoms with Crippen LogP contribution in [0.5, 0.6) is 0 Å². The highest BCUT2D eigenvalue weighted by atomic mass is 16.5. The van der Waals surface area contributed by atoms with E-state index < -0.39 is 0 Å². The van der Waals surface area contributed by atoms with Crippen LogP contribution in [0, 0.1) is 0 Å². The third kappa shape index (κ3) is 3.55. The number of nitrogens with zero attached hydrogens (tertiary/aromatic N) is 1. The van der Waals surface area contributed by atoms with E-state index in [-0.39, 0.29) is 18.1 Å². The molecule has 104 valence electrons. The van der Waals surface area contributed by atoms with Crippen molar-refractivity contribution in [1.82, 2.24) is 4.90 Å². The van der Waals surface area contributed by atoms with Gasteiger partial charge in [0.05, 0.1) is 6.61 Å². The Bertz CT molecular complexity index is 400. The summed E-state index contributed by atoms with van der Waals surface area (Å²) in [5.41, 5.74) is 6.92. The Kier molecular flexibility index (Phi) is 4.93. The Hall–Kier alpha value is -1.39. The number of piperidine rings is 1. The van der Waals surface area contributed by atoms with Gasteiger partial charge >= 0.3 is 5.97 Å². The number of ether oxygens (including phenoxy) is 1. The second-order valence-corrected chi connectivity index (χ2v) is 4.94. The first-order valence-corrected chi connectivity index (χ1v) is 6.93. The molecule has 1 heterocycles. The Morgan fingerprint density at radius 1 is 1.37 bits per heavy atom. The van der Waals surface area contributed by atoms with Crippen LogP contribution in [0.4, 0.5) is 0 Å². The van der Waals surface area contributed by atoms with E-state index in [9.17, 15) is 4.79 Å². The summed E-state index contributed by atoms with van der Waals surface area (Å²) in [5, 5.41) is 0. The lowest BCUT2D eigenvalue weighted by Crippen LogP contribution is -2.44. The van der Waals surface area contributed by atoms with E-state index in [2.05, 4.69) is 4.90 Å². The maximum Gasteiger partial charge on any atom is 0.327 e. The zero-order chi connectivity index (χ0) is 13.7. The number of likely N-dealkylation sites (tertiary alicyclic amines) is 1. The molecular weight excluding hydrogens is 240 g/mol. The van der Waals surface area contributed by atoms with Crippen LogP contribution in [0.15, 0.2) is 30.3 Å². The highest BCUT2D eigenvalue weighted by molar-refractivity contribution is 5.77. The summed E-state index contributed by atoms with van der Waals surface area (Å²) in [4.78, 5) is 14.4. The SMILES string of the molecule is CCOC(=O)C(c1ccccc1)N1CCC(N)CC1. The predicted octanol–water partition coefficient (Wildman–Crippen LogP) is 1.71. The maximum atomic E-state index is 12.2. The Balaban J connectivity index is 2.17. The van der Waals surface area contributed by atoms with E-state index in [1.54, 1.807) is 0 Å². The van der Waals surface area contributed by atoms with E-state index in [1.807, 2.05) is 37.3 Å². The molecule has 0 aliphatic carbocycles. The van der Waals surface area contributed by atoms with Gasteiger partial charge in [-0.25, -0.2) is 4.79 Å². The summed E-state index contributed by atoms with van der Waals surface area (Å²) in [5.74, 6) is -0.163. The van der Waals surface area contributed by atoms with Crippen LogP contribution in [0.3, 0.4) is 0 Å². The quantitative estimate of drug-likeness (QED) is 0.839. The molecule has 0 saturated carbocycles. The van der Waals surface area contributed by atoms with Crippen LogP contribution in [0.25, 0.3) is 0 Å². The monoisotopic (exact) mass is 262 g/mol. The molecule has 4 heteroatoms. The topological polar surface area (TPSA) is 55.6 Å². The number of rotatable bonds is 4. The first-order valence-electron chi connectivity index (χ1n) is 6.93. The molecule has 1 fully saturated rings. The van der Waals surface area contributed by atoms with Gasteiger partial charge in [-0.1, -0.05) is 30.3 Å². The molecule has 19 heavy (non-hydrogen) atoms. The third-order valence-corrected chi connectivity index (χ3v) is 3.56. The third-order valence-electron chi connectivity index (χ3n) is 3.56. The lowest BCUT2D eigenvalue weighted by Gasteiger charge is -2.35. The number of hydrogen-bond donors (Lipinski definition) is 1. The summed E-state index contributed by atoms with van der Waals surface area (Å²) in [6.07, 6.45) is 1.87. The minimum absolute atomic E-state index is 0.163. The van der Waals surface area contributed by atoms with Crippen LogP contribution in [-0.2, 0) is 9.53 Å². The summed E-state index contributed by atoms with van der Waals surface area (Å²) in [6, 6.07) is 9.79. The summed E-state index contributed by atoms with van der Waals surface area (Å²) in [7, 11) is 0. The maximum absolute atomic E-state index is 12.2. The fourth-order valence-corrected chi connectivity index (χ4v) is 2.53. The van der Waals surface area contributed by atoms with Crippen molar-refractivity contribution < 1.29 is 9.53 Å². The molecule has 0 spiro atoms. The standard InChI is InChI=1S/C15H22N2O2/c1-2-19-15(18)14(12-6-4-3-5-7-12)17-10-8-13(16)9-11-17/h3-7,13-14H,2,8-11,16H2,1H3. The fraction of sp³-hybridized carbons (Fsp3) is 0.533. The van der Waals surface area contributed by atoms with Gasteiger partial charge in [0.25, 0.3) is 0 Å². The number of benzene rings is 1. The number of carbonyl (C=O) groups is 1. The lowest BCUT2D eigenvalue weighted by atomic mass is 10.00. The van der Waals surface area contributed by atoms with Crippen molar-refractivity contribution in [2.24, 2.45) is 5.73 Å². The molecule has 0 aromatic heterocycles. The molecule has 1 aliphatic rings. The molecule has 1 atom stereocenters. The van der Waals surface area contributed by atoms with Crippen molar-refractivity contribution in [1.29, 1.82) is 0 Å². The normalized spacial score (nSPS) is 19.1. The van der Waals surface area contributed by atoms with Crippen LogP contribution in [-0.4, -0.2) is 36.6 Å². The molecule has 1 aromatic rings.